The summed E-state index contributed by atoms with van der Waals surface area (Å²) in [5, 5.41) is 12.0. The highest BCUT2D eigenvalue weighted by Gasteiger charge is 2.30. The zero-order valence-corrected chi connectivity index (χ0v) is 16.5. The summed E-state index contributed by atoms with van der Waals surface area (Å²) in [5.74, 6) is 0. The van der Waals surface area contributed by atoms with Gasteiger partial charge in [-0.25, -0.2) is 9.48 Å². The van der Waals surface area contributed by atoms with Crippen LogP contribution < -0.4 is 10.2 Å². The number of amides is 2. The molecule has 1 aromatic carbocycles. The predicted molar refractivity (Wildman–Crippen MR) is 110 cm³/mol. The van der Waals surface area contributed by atoms with Crippen LogP contribution in [0.3, 0.4) is 0 Å². The quantitative estimate of drug-likeness (QED) is 0.744. The fourth-order valence-electron chi connectivity index (χ4n) is 4.25. The Kier molecular flexibility index (Phi) is 4.46. The van der Waals surface area contributed by atoms with Crippen LogP contribution in [0.4, 0.5) is 10.5 Å². The van der Waals surface area contributed by atoms with Crippen molar-refractivity contribution in [3.8, 4) is 5.69 Å². The molecule has 0 unspecified atom stereocenters. The van der Waals surface area contributed by atoms with Crippen LogP contribution in [0.15, 0.2) is 48.9 Å². The van der Waals surface area contributed by atoms with Crippen LogP contribution in [-0.2, 0) is 20.1 Å². The Morgan fingerprint density at radius 1 is 1.10 bits per heavy atom. The summed E-state index contributed by atoms with van der Waals surface area (Å²) < 4.78 is 3.75. The fraction of sp³-hybridized carbons (Fsp3) is 0.381. The van der Waals surface area contributed by atoms with Gasteiger partial charge in [-0.15, -0.1) is 0 Å². The molecule has 8 heteroatoms. The number of urea groups is 1. The van der Waals surface area contributed by atoms with E-state index in [2.05, 4.69) is 20.4 Å². The monoisotopic (exact) mass is 391 g/mol. The Morgan fingerprint density at radius 3 is 2.76 bits per heavy atom. The highest BCUT2D eigenvalue weighted by Crippen LogP contribution is 2.25. The summed E-state index contributed by atoms with van der Waals surface area (Å²) in [5.41, 5.74) is 4.34. The van der Waals surface area contributed by atoms with Crippen molar-refractivity contribution in [1.82, 2.24) is 29.8 Å². The molecule has 5 rings (SSSR count). The molecule has 1 saturated heterocycles. The van der Waals surface area contributed by atoms with E-state index < -0.39 is 0 Å². The van der Waals surface area contributed by atoms with Crippen molar-refractivity contribution in [3.63, 3.8) is 0 Å². The Balaban J connectivity index is 1.23. The van der Waals surface area contributed by atoms with E-state index in [-0.39, 0.29) is 12.1 Å². The number of hydrogen-bond acceptors (Lipinski definition) is 4. The largest absolute Gasteiger partial charge is 0.367 e. The third-order valence-electron chi connectivity index (χ3n) is 5.75. The van der Waals surface area contributed by atoms with Crippen LogP contribution in [0.2, 0.25) is 0 Å². The highest BCUT2D eigenvalue weighted by molar-refractivity contribution is 5.75. The van der Waals surface area contributed by atoms with Crippen LogP contribution in [0.1, 0.15) is 24.1 Å². The third kappa shape index (κ3) is 3.46. The number of carbonyl (C=O) groups excluding carboxylic acids is 1. The molecule has 2 aromatic heterocycles. The third-order valence-corrected chi connectivity index (χ3v) is 5.75. The molecule has 1 fully saturated rings. The normalized spacial score (nSPS) is 18.7. The molecule has 1 atom stereocenters. The van der Waals surface area contributed by atoms with Crippen molar-refractivity contribution < 1.29 is 4.79 Å². The number of anilines is 1. The summed E-state index contributed by atoms with van der Waals surface area (Å²) in [7, 11) is 1.92. The van der Waals surface area contributed by atoms with Crippen molar-refractivity contribution >= 4 is 11.7 Å². The first kappa shape index (κ1) is 17.8. The number of piperidine rings is 1. The van der Waals surface area contributed by atoms with Crippen LogP contribution in [0.25, 0.3) is 5.69 Å². The first-order valence-electron chi connectivity index (χ1n) is 10.1. The second-order valence-corrected chi connectivity index (χ2v) is 7.83. The minimum Gasteiger partial charge on any atom is -0.367 e. The van der Waals surface area contributed by atoms with E-state index in [1.807, 2.05) is 70.2 Å². The van der Waals surface area contributed by atoms with Gasteiger partial charge < -0.3 is 15.1 Å². The van der Waals surface area contributed by atoms with Gasteiger partial charge in [-0.3, -0.25) is 4.68 Å². The fourth-order valence-corrected chi connectivity index (χ4v) is 4.25. The van der Waals surface area contributed by atoms with E-state index in [4.69, 9.17) is 0 Å². The number of benzene rings is 1. The molecule has 1 N–H and O–H groups in total. The number of carbonyl (C=O) groups is 1. The molecule has 2 aliphatic rings. The van der Waals surface area contributed by atoms with Crippen LogP contribution in [0.5, 0.6) is 0 Å². The summed E-state index contributed by atoms with van der Waals surface area (Å²) in [6.45, 7) is 3.00. The molecule has 0 bridgehead atoms. The van der Waals surface area contributed by atoms with Crippen molar-refractivity contribution in [1.29, 1.82) is 0 Å². The number of fused-ring (bicyclic) bond motifs is 1. The van der Waals surface area contributed by atoms with Gasteiger partial charge in [0, 0.05) is 37.9 Å². The molecule has 0 spiro atoms. The maximum absolute atomic E-state index is 12.9. The zero-order valence-electron chi connectivity index (χ0n) is 16.5. The van der Waals surface area contributed by atoms with Gasteiger partial charge in [-0.1, -0.05) is 18.2 Å². The summed E-state index contributed by atoms with van der Waals surface area (Å²) in [6, 6.07) is 10.2. The van der Waals surface area contributed by atoms with Gasteiger partial charge in [0.15, 0.2) is 0 Å². The molecule has 2 aliphatic heterocycles. The first-order valence-corrected chi connectivity index (χ1v) is 10.1. The van der Waals surface area contributed by atoms with Gasteiger partial charge in [-0.2, -0.15) is 10.2 Å². The van der Waals surface area contributed by atoms with E-state index >= 15 is 0 Å². The van der Waals surface area contributed by atoms with E-state index in [1.54, 1.807) is 0 Å². The molecule has 0 saturated carbocycles. The summed E-state index contributed by atoms with van der Waals surface area (Å²) in [4.78, 5) is 17.1. The van der Waals surface area contributed by atoms with Gasteiger partial charge >= 0.3 is 6.03 Å². The average Bonchev–Trinajstić information content (AvgIpc) is 3.44. The molecule has 4 heterocycles. The van der Waals surface area contributed by atoms with Crippen LogP contribution in [-0.4, -0.2) is 49.6 Å². The predicted octanol–water partition coefficient (Wildman–Crippen LogP) is 2.30. The van der Waals surface area contributed by atoms with Crippen molar-refractivity contribution in [2.75, 3.05) is 18.0 Å². The van der Waals surface area contributed by atoms with E-state index in [1.165, 1.54) is 0 Å². The zero-order chi connectivity index (χ0) is 19.8. The van der Waals surface area contributed by atoms with Crippen LogP contribution >= 0.6 is 0 Å². The van der Waals surface area contributed by atoms with Gasteiger partial charge in [0.1, 0.15) is 0 Å². The smallest absolute Gasteiger partial charge is 0.318 e. The minimum atomic E-state index is -0.00107. The number of rotatable bonds is 3. The van der Waals surface area contributed by atoms with Crippen molar-refractivity contribution in [2.45, 2.75) is 32.0 Å². The Bertz CT molecular complexity index is 1010. The number of aryl methyl sites for hydroxylation is 1. The standard InChI is InChI=1S/C21H25N7O/c1-25-14-19(11-22-25)26-9-5-6-17(13-26)24-21(29)27-12-16-10-23-28(20(16)15-27)18-7-3-2-4-8-18/h2-4,7-8,10-11,14,17H,5-6,9,12-13,15H2,1H3,(H,24,29)/t17-/m1/s1. The van der Waals surface area contributed by atoms with E-state index in [9.17, 15) is 4.79 Å². The maximum Gasteiger partial charge on any atom is 0.318 e. The second-order valence-electron chi connectivity index (χ2n) is 7.83. The molecule has 29 heavy (non-hydrogen) atoms. The van der Waals surface area contributed by atoms with Gasteiger partial charge in [0.2, 0.25) is 0 Å². The molecule has 0 radical (unpaired) electrons. The van der Waals surface area contributed by atoms with Gasteiger partial charge in [0.05, 0.1) is 42.6 Å². The molecule has 0 aliphatic carbocycles. The Morgan fingerprint density at radius 2 is 1.97 bits per heavy atom. The maximum atomic E-state index is 12.9. The van der Waals surface area contributed by atoms with Crippen molar-refractivity contribution in [3.05, 3.63) is 60.2 Å². The first-order chi connectivity index (χ1) is 14.2. The Hall–Kier alpha value is -3.29. The molecular formula is C21H25N7O. The number of nitrogens with zero attached hydrogens (tertiary/aromatic N) is 6. The van der Waals surface area contributed by atoms with Crippen molar-refractivity contribution in [2.24, 2.45) is 7.05 Å². The second kappa shape index (κ2) is 7.27. The number of nitrogens with one attached hydrogen (secondary N) is 1. The number of aromatic nitrogens is 4. The van der Waals surface area contributed by atoms with E-state index in [0.29, 0.717) is 13.1 Å². The average molecular weight is 391 g/mol. The van der Waals surface area contributed by atoms with Crippen LogP contribution in [0, 0.1) is 0 Å². The number of hydrogen-bond donors (Lipinski definition) is 1. The van der Waals surface area contributed by atoms with E-state index in [0.717, 1.165) is 48.6 Å². The summed E-state index contributed by atoms with van der Waals surface area (Å²) in [6.07, 6.45) is 7.85. The topological polar surface area (TPSA) is 71.2 Å². The lowest BCUT2D eigenvalue weighted by molar-refractivity contribution is 0.191. The molecule has 8 nitrogen and oxygen atoms in total. The highest BCUT2D eigenvalue weighted by atomic mass is 16.2. The van der Waals surface area contributed by atoms with Gasteiger partial charge in [0.25, 0.3) is 0 Å². The molecule has 2 amide bonds. The number of para-hydroxylation sites is 1. The Labute approximate surface area is 169 Å². The lowest BCUT2D eigenvalue weighted by atomic mass is 10.1. The molecule has 3 aromatic rings. The SMILES string of the molecule is Cn1cc(N2CCC[C@@H](NC(=O)N3Cc4cnn(-c5ccccc5)c4C3)C2)cn1. The van der Waals surface area contributed by atoms with Gasteiger partial charge in [-0.05, 0) is 25.0 Å². The molecular weight excluding hydrogens is 366 g/mol. The minimum absolute atomic E-state index is 0.00107. The summed E-state index contributed by atoms with van der Waals surface area (Å²) >= 11 is 0. The lowest BCUT2D eigenvalue weighted by Gasteiger charge is -2.34. The lowest BCUT2D eigenvalue weighted by Crippen LogP contribution is -2.50. The molecule has 150 valence electrons.